The van der Waals surface area contributed by atoms with Crippen molar-refractivity contribution in [1.82, 2.24) is 4.90 Å². The van der Waals surface area contributed by atoms with E-state index in [-0.39, 0.29) is 0 Å². The second kappa shape index (κ2) is 9.59. The number of ether oxygens (including phenoxy) is 1. The molecule has 0 aromatic rings. The van der Waals surface area contributed by atoms with Crippen LogP contribution in [-0.2, 0) is 4.74 Å². The van der Waals surface area contributed by atoms with E-state index in [9.17, 15) is 0 Å². The van der Waals surface area contributed by atoms with E-state index in [0.717, 1.165) is 19.6 Å². The van der Waals surface area contributed by atoms with Crippen molar-refractivity contribution in [3.8, 4) is 6.07 Å². The molecule has 0 aliphatic carbocycles. The fourth-order valence-electron chi connectivity index (χ4n) is 1.61. The third-order valence-electron chi connectivity index (χ3n) is 2.89. The molecule has 0 saturated carbocycles. The van der Waals surface area contributed by atoms with Gasteiger partial charge in [-0.2, -0.15) is 5.26 Å². The SMILES string of the molecule is COCCN(CCC#N)CC(CN)C(C)C. The number of nitrogens with zero attached hydrogens (tertiary/aromatic N) is 2. The highest BCUT2D eigenvalue weighted by atomic mass is 16.5. The fourth-order valence-corrected chi connectivity index (χ4v) is 1.61. The minimum absolute atomic E-state index is 0.496. The predicted molar refractivity (Wildman–Crippen MR) is 65.9 cm³/mol. The highest BCUT2D eigenvalue weighted by Gasteiger charge is 2.15. The molecule has 0 spiro atoms. The number of nitrogens with two attached hydrogens (primary N) is 1. The third-order valence-corrected chi connectivity index (χ3v) is 2.89. The maximum absolute atomic E-state index is 8.61. The van der Waals surface area contributed by atoms with Gasteiger partial charge in [-0.15, -0.1) is 0 Å². The summed E-state index contributed by atoms with van der Waals surface area (Å²) in [7, 11) is 1.70. The number of hydrogen-bond donors (Lipinski definition) is 1. The topological polar surface area (TPSA) is 62.3 Å². The molecule has 16 heavy (non-hydrogen) atoms. The van der Waals surface area contributed by atoms with Crippen molar-refractivity contribution in [3.63, 3.8) is 0 Å². The smallest absolute Gasteiger partial charge is 0.0635 e. The third kappa shape index (κ3) is 6.78. The van der Waals surface area contributed by atoms with Crippen LogP contribution in [-0.4, -0.2) is 44.8 Å². The van der Waals surface area contributed by atoms with E-state index in [0.29, 0.717) is 31.4 Å². The fraction of sp³-hybridized carbons (Fsp3) is 0.917. The normalized spacial score (nSPS) is 13.1. The van der Waals surface area contributed by atoms with Crippen molar-refractivity contribution in [1.29, 1.82) is 5.26 Å². The zero-order valence-corrected chi connectivity index (χ0v) is 10.8. The van der Waals surface area contributed by atoms with Crippen LogP contribution in [0.25, 0.3) is 0 Å². The van der Waals surface area contributed by atoms with Gasteiger partial charge in [0.1, 0.15) is 0 Å². The van der Waals surface area contributed by atoms with E-state index in [1.807, 2.05) is 0 Å². The van der Waals surface area contributed by atoms with Gasteiger partial charge in [0.05, 0.1) is 12.7 Å². The Labute approximate surface area is 99.4 Å². The van der Waals surface area contributed by atoms with Crippen molar-refractivity contribution < 1.29 is 4.74 Å². The van der Waals surface area contributed by atoms with Gasteiger partial charge in [-0.25, -0.2) is 0 Å². The van der Waals surface area contributed by atoms with Crippen LogP contribution in [0.5, 0.6) is 0 Å². The quantitative estimate of drug-likeness (QED) is 0.640. The van der Waals surface area contributed by atoms with Crippen molar-refractivity contribution in [2.75, 3.05) is 39.9 Å². The van der Waals surface area contributed by atoms with Crippen LogP contribution < -0.4 is 5.73 Å². The second-order valence-corrected chi connectivity index (χ2v) is 4.44. The summed E-state index contributed by atoms with van der Waals surface area (Å²) in [5.41, 5.74) is 5.76. The van der Waals surface area contributed by atoms with Gasteiger partial charge in [0.15, 0.2) is 0 Å². The maximum atomic E-state index is 8.61. The number of rotatable bonds is 9. The first kappa shape index (κ1) is 15.4. The van der Waals surface area contributed by atoms with Gasteiger partial charge in [0, 0.05) is 33.2 Å². The van der Waals surface area contributed by atoms with Crippen LogP contribution in [0.1, 0.15) is 20.3 Å². The molecule has 0 aromatic carbocycles. The summed E-state index contributed by atoms with van der Waals surface area (Å²) in [6.45, 7) is 8.44. The monoisotopic (exact) mass is 227 g/mol. The van der Waals surface area contributed by atoms with Gasteiger partial charge in [-0.1, -0.05) is 13.8 Å². The highest BCUT2D eigenvalue weighted by Crippen LogP contribution is 2.11. The molecule has 2 N–H and O–H groups in total. The Hall–Kier alpha value is -0.630. The average molecular weight is 227 g/mol. The van der Waals surface area contributed by atoms with Crippen molar-refractivity contribution >= 4 is 0 Å². The lowest BCUT2D eigenvalue weighted by atomic mass is 9.95. The molecular formula is C12H25N3O. The zero-order valence-electron chi connectivity index (χ0n) is 10.8. The Bertz CT molecular complexity index is 201. The minimum atomic E-state index is 0.496. The van der Waals surface area contributed by atoms with Crippen molar-refractivity contribution in [2.24, 2.45) is 17.6 Å². The van der Waals surface area contributed by atoms with E-state index in [2.05, 4.69) is 24.8 Å². The van der Waals surface area contributed by atoms with E-state index >= 15 is 0 Å². The molecule has 0 rings (SSSR count). The molecular weight excluding hydrogens is 202 g/mol. The Morgan fingerprint density at radius 1 is 1.38 bits per heavy atom. The van der Waals surface area contributed by atoms with E-state index < -0.39 is 0 Å². The molecule has 0 fully saturated rings. The van der Waals surface area contributed by atoms with E-state index in [1.54, 1.807) is 7.11 Å². The molecule has 0 aromatic heterocycles. The lowest BCUT2D eigenvalue weighted by Gasteiger charge is -2.28. The number of nitriles is 1. The minimum Gasteiger partial charge on any atom is -0.383 e. The lowest BCUT2D eigenvalue weighted by molar-refractivity contribution is 0.131. The van der Waals surface area contributed by atoms with E-state index in [4.69, 9.17) is 15.7 Å². The van der Waals surface area contributed by atoms with Crippen molar-refractivity contribution in [3.05, 3.63) is 0 Å². The summed E-state index contributed by atoms with van der Waals surface area (Å²) < 4.78 is 5.07. The van der Waals surface area contributed by atoms with Crippen LogP contribution in [0.15, 0.2) is 0 Å². The van der Waals surface area contributed by atoms with E-state index in [1.165, 1.54) is 0 Å². The molecule has 0 aliphatic heterocycles. The molecule has 0 aliphatic rings. The first-order chi connectivity index (χ1) is 7.65. The zero-order chi connectivity index (χ0) is 12.4. The molecule has 94 valence electrons. The second-order valence-electron chi connectivity index (χ2n) is 4.44. The molecule has 0 amide bonds. The molecule has 0 bridgehead atoms. The largest absolute Gasteiger partial charge is 0.383 e. The Morgan fingerprint density at radius 3 is 2.50 bits per heavy atom. The molecule has 1 atom stereocenters. The van der Waals surface area contributed by atoms with Crippen molar-refractivity contribution in [2.45, 2.75) is 20.3 Å². The predicted octanol–water partition coefficient (Wildman–Crippen LogP) is 1.08. The first-order valence-electron chi connectivity index (χ1n) is 5.94. The standard InChI is InChI=1S/C12H25N3O/c1-11(2)12(9-14)10-15(6-4-5-13)7-8-16-3/h11-12H,4,6-10,14H2,1-3H3. The van der Waals surface area contributed by atoms with Crippen LogP contribution in [0.4, 0.5) is 0 Å². The van der Waals surface area contributed by atoms with Crippen LogP contribution in [0.2, 0.25) is 0 Å². The van der Waals surface area contributed by atoms with Gasteiger partial charge in [0.25, 0.3) is 0 Å². The summed E-state index contributed by atoms with van der Waals surface area (Å²) in [6.07, 6.45) is 0.569. The maximum Gasteiger partial charge on any atom is 0.0635 e. The summed E-state index contributed by atoms with van der Waals surface area (Å²) >= 11 is 0. The Balaban J connectivity index is 4.11. The van der Waals surface area contributed by atoms with Crippen LogP contribution in [0, 0.1) is 23.2 Å². The lowest BCUT2D eigenvalue weighted by Crippen LogP contribution is -2.37. The average Bonchev–Trinajstić information content (AvgIpc) is 2.27. The molecule has 0 heterocycles. The Kier molecular flexibility index (Phi) is 9.21. The number of hydrogen-bond acceptors (Lipinski definition) is 4. The summed E-state index contributed by atoms with van der Waals surface area (Å²) in [4.78, 5) is 2.27. The molecule has 0 saturated heterocycles. The van der Waals surface area contributed by atoms with Gasteiger partial charge >= 0.3 is 0 Å². The number of methoxy groups -OCH3 is 1. The van der Waals surface area contributed by atoms with Gasteiger partial charge < -0.3 is 10.5 Å². The van der Waals surface area contributed by atoms with Crippen LogP contribution in [0.3, 0.4) is 0 Å². The van der Waals surface area contributed by atoms with Gasteiger partial charge in [0.2, 0.25) is 0 Å². The highest BCUT2D eigenvalue weighted by molar-refractivity contribution is 4.75. The summed E-state index contributed by atoms with van der Waals surface area (Å²) in [5, 5.41) is 8.61. The first-order valence-corrected chi connectivity index (χ1v) is 5.94. The molecule has 1 unspecified atom stereocenters. The van der Waals surface area contributed by atoms with Gasteiger partial charge in [-0.3, -0.25) is 4.90 Å². The summed E-state index contributed by atoms with van der Waals surface area (Å²) in [6, 6.07) is 2.18. The van der Waals surface area contributed by atoms with Gasteiger partial charge in [-0.05, 0) is 18.4 Å². The molecule has 4 nitrogen and oxygen atoms in total. The summed E-state index contributed by atoms with van der Waals surface area (Å²) in [5.74, 6) is 1.08. The molecule has 4 heteroatoms. The molecule has 0 radical (unpaired) electrons. The Morgan fingerprint density at radius 2 is 2.06 bits per heavy atom. The van der Waals surface area contributed by atoms with Crippen LogP contribution >= 0.6 is 0 Å².